The average Bonchev–Trinajstić information content (AvgIpc) is 3.38. The normalized spacial score (nSPS) is 11.3. The summed E-state index contributed by atoms with van der Waals surface area (Å²) in [5, 5.41) is 2.43. The number of alkyl halides is 1. The van der Waals surface area contributed by atoms with Crippen molar-refractivity contribution in [2.24, 2.45) is 0 Å². The predicted molar refractivity (Wildman–Crippen MR) is 119 cm³/mol. The molecule has 0 unspecified atom stereocenters. The highest BCUT2D eigenvalue weighted by Gasteiger charge is 2.11. The van der Waals surface area contributed by atoms with Crippen LogP contribution in [0.2, 0.25) is 0 Å². The lowest BCUT2D eigenvalue weighted by Gasteiger charge is -2.16. The molecule has 2 aromatic carbocycles. The van der Waals surface area contributed by atoms with Gasteiger partial charge in [-0.3, -0.25) is 0 Å². The second kappa shape index (κ2) is 10.8. The zero-order valence-corrected chi connectivity index (χ0v) is 16.2. The molecule has 0 saturated carbocycles. The van der Waals surface area contributed by atoms with Crippen LogP contribution in [0, 0.1) is 0 Å². The summed E-state index contributed by atoms with van der Waals surface area (Å²) in [7, 11) is 8.00. The van der Waals surface area contributed by atoms with Crippen LogP contribution in [0.15, 0.2) is 60.9 Å². The van der Waals surface area contributed by atoms with Crippen LogP contribution in [0.3, 0.4) is 0 Å². The molecule has 4 aromatic rings. The Bertz CT molecular complexity index is 1000. The van der Waals surface area contributed by atoms with Crippen molar-refractivity contribution in [1.82, 2.24) is 9.55 Å². The highest BCUT2D eigenvalue weighted by molar-refractivity contribution is 6.75. The smallest absolute Gasteiger partial charge is 0.143 e. The van der Waals surface area contributed by atoms with Gasteiger partial charge in [-0.25, -0.2) is 0 Å². The van der Waals surface area contributed by atoms with E-state index in [-0.39, 0.29) is 8.41 Å². The summed E-state index contributed by atoms with van der Waals surface area (Å²) in [5.41, 5.74) is 2.27. The van der Waals surface area contributed by atoms with E-state index < -0.39 is 0 Å². The molecule has 0 amide bonds. The Hall–Kier alpha value is -2.40. The molecule has 1 N–H and O–H groups in total. The maximum atomic E-state index is 5.54. The van der Waals surface area contributed by atoms with Crippen molar-refractivity contribution in [2.75, 3.05) is 19.1 Å². The van der Waals surface area contributed by atoms with Gasteiger partial charge < -0.3 is 19.0 Å². The highest BCUT2D eigenvalue weighted by Crippen LogP contribution is 2.29. The molecule has 0 aliphatic carbocycles. The van der Waals surface area contributed by atoms with Gasteiger partial charge in [0.15, 0.2) is 0 Å². The number of hydrogen-bond acceptors (Lipinski definition) is 2. The molecule has 137 valence electrons. The molecule has 5 rings (SSSR count). The Balaban J connectivity index is 0.000000179. The minimum absolute atomic E-state index is 0. The molecule has 1 aliphatic rings. The minimum Gasteiger partial charge on any atom is -0.490 e. The fraction of sp³-hybridized carbons (Fsp3) is 0.200. The SMILES string of the molecule is ClCCOc1cccc2cc[nH]c12.[B].[B][B].c1cc2c3c(c1)ccn3CCO2. The van der Waals surface area contributed by atoms with Crippen LogP contribution in [-0.4, -0.2) is 52.5 Å². The second-order valence-corrected chi connectivity index (χ2v) is 6.17. The van der Waals surface area contributed by atoms with Gasteiger partial charge in [0.05, 0.1) is 23.5 Å². The number of benzene rings is 2. The van der Waals surface area contributed by atoms with E-state index in [4.69, 9.17) is 21.1 Å². The van der Waals surface area contributed by atoms with E-state index in [1.54, 1.807) is 0 Å². The van der Waals surface area contributed by atoms with E-state index in [2.05, 4.69) is 43.4 Å². The molecule has 8 heteroatoms. The number of aromatic nitrogens is 2. The standard InChI is InChI=1S/C10H10ClNO.C10H9NO.B2.B/c11-5-7-13-9-3-1-2-8-4-6-12-10(8)9;1-2-8-4-5-11-6-7-12-9(3-1)10(8)11;1-2;/h1-4,6,12H,5,7H2;1-5H,6-7H2;;. The fourth-order valence-corrected chi connectivity index (χ4v) is 3.18. The monoisotopic (exact) mass is 387 g/mol. The Kier molecular flexibility index (Phi) is 8.46. The van der Waals surface area contributed by atoms with Crippen molar-refractivity contribution in [2.45, 2.75) is 6.54 Å². The molecule has 7 radical (unpaired) electrons. The number of nitrogens with one attached hydrogen (secondary N) is 1. The molecule has 0 saturated heterocycles. The number of ether oxygens (including phenoxy) is 2. The van der Waals surface area contributed by atoms with E-state index in [1.807, 2.05) is 42.6 Å². The summed E-state index contributed by atoms with van der Waals surface area (Å²) in [5.74, 6) is 2.39. The molecular weight excluding hydrogens is 368 g/mol. The number of halogens is 1. The zero-order valence-electron chi connectivity index (χ0n) is 15.5. The molecule has 1 aliphatic heterocycles. The lowest BCUT2D eigenvalue weighted by Crippen LogP contribution is -2.12. The first kappa shape index (κ1) is 21.9. The Morgan fingerprint density at radius 3 is 2.68 bits per heavy atom. The summed E-state index contributed by atoms with van der Waals surface area (Å²) in [4.78, 5) is 3.13. The van der Waals surface area contributed by atoms with Crippen LogP contribution in [0.25, 0.3) is 21.8 Å². The lowest BCUT2D eigenvalue weighted by atomic mass is 9.81. The van der Waals surface area contributed by atoms with Crippen LogP contribution in [0.1, 0.15) is 0 Å². The summed E-state index contributed by atoms with van der Waals surface area (Å²) in [6, 6.07) is 16.3. The van der Waals surface area contributed by atoms with E-state index in [0.717, 1.165) is 35.6 Å². The molecule has 4 nitrogen and oxygen atoms in total. The number of fused-ring (bicyclic) bond motifs is 1. The number of para-hydroxylation sites is 2. The minimum atomic E-state index is 0. The number of nitrogens with zero attached hydrogens (tertiary/aromatic N) is 1. The first-order chi connectivity index (χ1) is 13.4. The molecule has 0 spiro atoms. The van der Waals surface area contributed by atoms with E-state index >= 15 is 0 Å². The van der Waals surface area contributed by atoms with Gasteiger partial charge in [-0.2, -0.15) is 0 Å². The predicted octanol–water partition coefficient (Wildman–Crippen LogP) is 3.68. The number of hydrogen-bond donors (Lipinski definition) is 1. The Morgan fingerprint density at radius 1 is 1.07 bits per heavy atom. The number of H-pyrrole nitrogens is 1. The summed E-state index contributed by atoms with van der Waals surface area (Å²) >= 11 is 5.54. The maximum Gasteiger partial charge on any atom is 0.143 e. The summed E-state index contributed by atoms with van der Waals surface area (Å²) in [6.07, 6.45) is 4.02. The van der Waals surface area contributed by atoms with Crippen molar-refractivity contribution in [3.8, 4) is 11.5 Å². The van der Waals surface area contributed by atoms with E-state index in [0.29, 0.717) is 12.5 Å². The Labute approximate surface area is 174 Å². The number of rotatable bonds is 3. The van der Waals surface area contributed by atoms with Crippen molar-refractivity contribution >= 4 is 57.3 Å². The Morgan fingerprint density at radius 2 is 1.86 bits per heavy atom. The maximum absolute atomic E-state index is 5.54. The van der Waals surface area contributed by atoms with Crippen molar-refractivity contribution in [3.05, 3.63) is 60.9 Å². The van der Waals surface area contributed by atoms with Crippen molar-refractivity contribution in [3.63, 3.8) is 0 Å². The van der Waals surface area contributed by atoms with E-state index in [9.17, 15) is 0 Å². The summed E-state index contributed by atoms with van der Waals surface area (Å²) < 4.78 is 13.2. The number of aromatic amines is 1. The van der Waals surface area contributed by atoms with Gasteiger partial charge in [0.2, 0.25) is 0 Å². The molecule has 3 heterocycles. The van der Waals surface area contributed by atoms with Gasteiger partial charge in [-0.05, 0) is 24.3 Å². The molecule has 0 bridgehead atoms. The van der Waals surface area contributed by atoms with Crippen LogP contribution >= 0.6 is 11.6 Å². The van der Waals surface area contributed by atoms with Crippen molar-refractivity contribution in [1.29, 1.82) is 0 Å². The topological polar surface area (TPSA) is 39.2 Å². The lowest BCUT2D eigenvalue weighted by molar-refractivity contribution is 0.287. The summed E-state index contributed by atoms with van der Waals surface area (Å²) in [6.45, 7) is 2.31. The first-order valence-corrected chi connectivity index (χ1v) is 9.19. The van der Waals surface area contributed by atoms with Gasteiger partial charge in [-0.1, -0.05) is 24.3 Å². The van der Waals surface area contributed by atoms with Gasteiger partial charge in [0.1, 0.15) is 24.7 Å². The van der Waals surface area contributed by atoms with Gasteiger partial charge in [-0.15, -0.1) is 11.6 Å². The quantitative estimate of drug-likeness (QED) is 0.430. The fourth-order valence-electron chi connectivity index (χ4n) is 3.11. The largest absolute Gasteiger partial charge is 0.490 e. The van der Waals surface area contributed by atoms with Crippen LogP contribution < -0.4 is 9.47 Å². The third-order valence-electron chi connectivity index (χ3n) is 4.22. The van der Waals surface area contributed by atoms with Crippen LogP contribution in [-0.2, 0) is 6.54 Å². The third kappa shape index (κ3) is 4.71. The average molecular weight is 387 g/mol. The first-order valence-electron chi connectivity index (χ1n) is 8.65. The third-order valence-corrected chi connectivity index (χ3v) is 4.38. The molecular formula is C20H19B3ClN2O2. The zero-order chi connectivity index (χ0) is 19.1. The molecule has 2 aromatic heterocycles. The molecule has 0 fully saturated rings. The van der Waals surface area contributed by atoms with Gasteiger partial charge >= 0.3 is 0 Å². The van der Waals surface area contributed by atoms with E-state index in [1.165, 1.54) is 10.9 Å². The molecule has 28 heavy (non-hydrogen) atoms. The van der Waals surface area contributed by atoms with Gasteiger partial charge in [0, 0.05) is 47.1 Å². The van der Waals surface area contributed by atoms with Crippen LogP contribution in [0.5, 0.6) is 11.5 Å². The van der Waals surface area contributed by atoms with Gasteiger partial charge in [0.25, 0.3) is 0 Å². The van der Waals surface area contributed by atoms with Crippen LogP contribution in [0.4, 0.5) is 0 Å². The van der Waals surface area contributed by atoms with Crippen molar-refractivity contribution < 1.29 is 9.47 Å². The second-order valence-electron chi connectivity index (χ2n) is 5.79. The molecule has 0 atom stereocenters. The highest BCUT2D eigenvalue weighted by atomic mass is 35.5.